The molecular formula is C35H31N5O2. The molecule has 0 aliphatic heterocycles. The second kappa shape index (κ2) is 11.7. The van der Waals surface area contributed by atoms with E-state index in [-0.39, 0.29) is 18.7 Å². The molecule has 6 aromatic rings. The molecule has 0 fully saturated rings. The molecule has 0 radical (unpaired) electrons. The van der Waals surface area contributed by atoms with Gasteiger partial charge in [-0.2, -0.15) is 5.10 Å². The molecule has 7 heteroatoms. The maximum Gasteiger partial charge on any atom is 0.320 e. The number of rotatable bonds is 8. The minimum atomic E-state index is -0.891. The fourth-order valence-electron chi connectivity index (χ4n) is 5.59. The predicted octanol–water partition coefficient (Wildman–Crippen LogP) is 6.65. The molecule has 0 spiro atoms. The zero-order chi connectivity index (χ0) is 28.9. The van der Waals surface area contributed by atoms with E-state index < -0.39 is 5.54 Å². The van der Waals surface area contributed by atoms with Crippen LogP contribution in [0.25, 0.3) is 10.9 Å². The van der Waals surface area contributed by atoms with Gasteiger partial charge in [0.05, 0.1) is 23.9 Å². The highest BCUT2D eigenvalue weighted by atomic mass is 16.3. The molecule has 0 bridgehead atoms. The Kier molecular flexibility index (Phi) is 7.49. The maximum absolute atomic E-state index is 13.0. The molecule has 0 saturated heterocycles. The number of amides is 2. The first-order chi connectivity index (χ1) is 20.6. The van der Waals surface area contributed by atoms with Crippen molar-refractivity contribution in [3.05, 3.63) is 162 Å². The molecule has 208 valence electrons. The van der Waals surface area contributed by atoms with Crippen molar-refractivity contribution in [2.45, 2.75) is 25.1 Å². The summed E-state index contributed by atoms with van der Waals surface area (Å²) in [6.45, 7) is 1.67. The van der Waals surface area contributed by atoms with E-state index in [0.29, 0.717) is 16.9 Å². The molecule has 2 amide bonds. The van der Waals surface area contributed by atoms with Crippen LogP contribution in [-0.4, -0.2) is 25.9 Å². The number of hydrogen-bond acceptors (Lipinski definition) is 4. The molecule has 4 aromatic carbocycles. The van der Waals surface area contributed by atoms with Crippen LogP contribution in [-0.2, 0) is 12.1 Å². The van der Waals surface area contributed by atoms with Gasteiger partial charge in [0.2, 0.25) is 0 Å². The lowest BCUT2D eigenvalue weighted by Gasteiger charge is -2.37. The SMILES string of the molecule is CC(NC(=O)Nc1cc2c(cn1)c(CO)nn2C(c1ccccc1)(c1ccccc1)c1ccccc1)c1ccccc1. The molecular weight excluding hydrogens is 522 g/mol. The summed E-state index contributed by atoms with van der Waals surface area (Å²) < 4.78 is 1.95. The summed E-state index contributed by atoms with van der Waals surface area (Å²) >= 11 is 0. The highest BCUT2D eigenvalue weighted by Gasteiger charge is 2.41. The fourth-order valence-corrected chi connectivity index (χ4v) is 5.59. The van der Waals surface area contributed by atoms with Gasteiger partial charge in [-0.25, -0.2) is 14.5 Å². The highest BCUT2D eigenvalue weighted by molar-refractivity contribution is 5.92. The van der Waals surface area contributed by atoms with Gasteiger partial charge in [0.1, 0.15) is 11.4 Å². The van der Waals surface area contributed by atoms with E-state index in [1.165, 1.54) is 0 Å². The molecule has 1 unspecified atom stereocenters. The topological polar surface area (TPSA) is 92.1 Å². The van der Waals surface area contributed by atoms with Crippen LogP contribution in [0.4, 0.5) is 10.6 Å². The third-order valence-corrected chi connectivity index (χ3v) is 7.57. The maximum atomic E-state index is 13.0. The van der Waals surface area contributed by atoms with Crippen molar-refractivity contribution >= 4 is 22.8 Å². The molecule has 6 rings (SSSR count). The van der Waals surface area contributed by atoms with E-state index in [9.17, 15) is 9.90 Å². The smallest absolute Gasteiger partial charge is 0.320 e. The Morgan fingerprint density at radius 3 is 1.81 bits per heavy atom. The number of carbonyl (C=O) groups excluding carboxylic acids is 1. The summed E-state index contributed by atoms with van der Waals surface area (Å²) in [6.07, 6.45) is 1.66. The van der Waals surface area contributed by atoms with Gasteiger partial charge in [0, 0.05) is 17.6 Å². The number of urea groups is 1. The number of aliphatic hydroxyl groups excluding tert-OH is 1. The van der Waals surface area contributed by atoms with E-state index in [2.05, 4.69) is 52.0 Å². The van der Waals surface area contributed by atoms with E-state index in [0.717, 1.165) is 27.8 Å². The summed E-state index contributed by atoms with van der Waals surface area (Å²) in [5.74, 6) is 0.369. The summed E-state index contributed by atoms with van der Waals surface area (Å²) in [7, 11) is 0. The van der Waals surface area contributed by atoms with E-state index in [1.54, 1.807) is 6.20 Å². The van der Waals surface area contributed by atoms with Crippen molar-refractivity contribution in [3.8, 4) is 0 Å². The molecule has 7 nitrogen and oxygen atoms in total. The number of benzene rings is 4. The Hall–Kier alpha value is -5.27. The molecule has 0 saturated carbocycles. The van der Waals surface area contributed by atoms with Crippen LogP contribution in [0.5, 0.6) is 0 Å². The molecule has 3 N–H and O–H groups in total. The standard InChI is InChI=1S/C35H31N5O2/c1-25(26-14-6-2-7-15-26)37-34(42)38-33-22-32-30(23-36-33)31(24-41)39-40(32)35(27-16-8-3-9-17-27,28-18-10-4-11-19-28)29-20-12-5-13-21-29/h2-23,25,41H,24H2,1H3,(H2,36,37,38,42). The Morgan fingerprint density at radius 1 is 0.810 bits per heavy atom. The van der Waals surface area contributed by atoms with Crippen LogP contribution in [0.3, 0.4) is 0 Å². The molecule has 1 atom stereocenters. The number of aromatic nitrogens is 3. The number of pyridine rings is 1. The highest BCUT2D eigenvalue weighted by Crippen LogP contribution is 2.42. The number of anilines is 1. The van der Waals surface area contributed by atoms with Crippen LogP contribution in [0, 0.1) is 0 Å². The quantitative estimate of drug-likeness (QED) is 0.184. The van der Waals surface area contributed by atoms with E-state index in [4.69, 9.17) is 5.10 Å². The lowest BCUT2D eigenvalue weighted by Crippen LogP contribution is -2.38. The van der Waals surface area contributed by atoms with Gasteiger partial charge in [-0.3, -0.25) is 5.32 Å². The van der Waals surface area contributed by atoms with Gasteiger partial charge in [-0.05, 0) is 29.2 Å². The van der Waals surface area contributed by atoms with Gasteiger partial charge in [-0.1, -0.05) is 121 Å². The van der Waals surface area contributed by atoms with E-state index in [1.807, 2.05) is 103 Å². The van der Waals surface area contributed by atoms with Crippen molar-refractivity contribution < 1.29 is 9.90 Å². The Bertz CT molecular complexity index is 1690. The zero-order valence-corrected chi connectivity index (χ0v) is 23.2. The van der Waals surface area contributed by atoms with Crippen molar-refractivity contribution in [2.24, 2.45) is 0 Å². The van der Waals surface area contributed by atoms with Crippen LogP contribution in [0.1, 0.15) is 40.9 Å². The fraction of sp³-hybridized carbons (Fsp3) is 0.114. The van der Waals surface area contributed by atoms with Crippen molar-refractivity contribution in [1.82, 2.24) is 20.1 Å². The third kappa shape index (κ3) is 4.91. The summed E-state index contributed by atoms with van der Waals surface area (Å²) in [4.78, 5) is 17.5. The summed E-state index contributed by atoms with van der Waals surface area (Å²) in [5, 5.41) is 22.0. The summed E-state index contributed by atoms with van der Waals surface area (Å²) in [5.41, 5.74) is 4.32. The predicted molar refractivity (Wildman–Crippen MR) is 165 cm³/mol. The first-order valence-electron chi connectivity index (χ1n) is 13.9. The number of fused-ring (bicyclic) bond motifs is 1. The molecule has 0 aliphatic carbocycles. The average Bonchev–Trinajstić information content (AvgIpc) is 3.41. The number of hydrogen-bond donors (Lipinski definition) is 3. The first kappa shape index (κ1) is 26.9. The zero-order valence-electron chi connectivity index (χ0n) is 23.2. The van der Waals surface area contributed by atoms with Crippen molar-refractivity contribution in [3.63, 3.8) is 0 Å². The van der Waals surface area contributed by atoms with Crippen molar-refractivity contribution in [1.29, 1.82) is 0 Å². The molecule has 42 heavy (non-hydrogen) atoms. The lowest BCUT2D eigenvalue weighted by molar-refractivity contribution is 0.249. The van der Waals surface area contributed by atoms with E-state index >= 15 is 0 Å². The first-order valence-corrected chi connectivity index (χ1v) is 13.9. The molecule has 2 heterocycles. The van der Waals surface area contributed by atoms with Gasteiger partial charge < -0.3 is 10.4 Å². The van der Waals surface area contributed by atoms with Crippen LogP contribution >= 0.6 is 0 Å². The Morgan fingerprint density at radius 2 is 1.31 bits per heavy atom. The second-order valence-corrected chi connectivity index (χ2v) is 10.1. The van der Waals surface area contributed by atoms with Gasteiger partial charge in [0.15, 0.2) is 0 Å². The Labute approximate surface area is 244 Å². The van der Waals surface area contributed by atoms with Crippen LogP contribution in [0.15, 0.2) is 134 Å². The molecule has 2 aromatic heterocycles. The lowest BCUT2D eigenvalue weighted by atomic mass is 9.77. The number of carbonyl (C=O) groups is 1. The summed E-state index contributed by atoms with van der Waals surface area (Å²) in [6, 6.07) is 41.6. The normalized spacial score (nSPS) is 12.1. The average molecular weight is 554 g/mol. The third-order valence-electron chi connectivity index (χ3n) is 7.57. The monoisotopic (exact) mass is 553 g/mol. The number of nitrogens with one attached hydrogen (secondary N) is 2. The minimum Gasteiger partial charge on any atom is -0.390 e. The molecule has 0 aliphatic rings. The van der Waals surface area contributed by atoms with Gasteiger partial charge in [0.25, 0.3) is 0 Å². The van der Waals surface area contributed by atoms with Crippen LogP contribution in [0.2, 0.25) is 0 Å². The van der Waals surface area contributed by atoms with Crippen LogP contribution < -0.4 is 10.6 Å². The number of aliphatic hydroxyl groups is 1. The van der Waals surface area contributed by atoms with Gasteiger partial charge in [-0.15, -0.1) is 0 Å². The number of nitrogens with zero attached hydrogens (tertiary/aromatic N) is 3. The van der Waals surface area contributed by atoms with Crippen molar-refractivity contribution in [2.75, 3.05) is 5.32 Å². The largest absolute Gasteiger partial charge is 0.390 e. The Balaban J connectivity index is 1.52. The second-order valence-electron chi connectivity index (χ2n) is 10.1. The van der Waals surface area contributed by atoms with Gasteiger partial charge >= 0.3 is 6.03 Å². The minimum absolute atomic E-state index is 0.191.